The van der Waals surface area contributed by atoms with Crippen molar-refractivity contribution in [2.24, 2.45) is 0 Å². The molecule has 0 aliphatic rings. The smallest absolute Gasteiger partial charge is 0.271 e. The minimum atomic E-state index is -0.274. The third-order valence-electron chi connectivity index (χ3n) is 2.74. The Morgan fingerprint density at radius 1 is 1.25 bits per heavy atom. The Morgan fingerprint density at radius 2 is 2.05 bits per heavy atom. The first kappa shape index (κ1) is 14.3. The van der Waals surface area contributed by atoms with Crippen LogP contribution in [0.2, 0.25) is 5.15 Å². The summed E-state index contributed by atoms with van der Waals surface area (Å²) >= 11 is 5.61. The molecule has 0 saturated heterocycles. The Labute approximate surface area is 121 Å². The molecule has 0 fully saturated rings. The molecule has 6 heteroatoms. The first-order chi connectivity index (χ1) is 9.70. The van der Waals surface area contributed by atoms with Gasteiger partial charge in [0.1, 0.15) is 5.75 Å². The van der Waals surface area contributed by atoms with Crippen LogP contribution in [0.3, 0.4) is 0 Å². The van der Waals surface area contributed by atoms with Gasteiger partial charge in [0.2, 0.25) is 0 Å². The van der Waals surface area contributed by atoms with Crippen molar-refractivity contribution in [3.8, 4) is 5.75 Å². The number of amides is 1. The van der Waals surface area contributed by atoms with Crippen LogP contribution in [0.4, 0.5) is 0 Å². The summed E-state index contributed by atoms with van der Waals surface area (Å²) < 4.78 is 5.25. The number of carbonyl (C=O) groups excluding carboxylic acids is 1. The molecular weight excluding hydrogens is 278 g/mol. The number of methoxy groups -OCH3 is 1. The summed E-state index contributed by atoms with van der Waals surface area (Å²) in [5, 5.41) is 10.4. The molecule has 5 nitrogen and oxygen atoms in total. The van der Waals surface area contributed by atoms with Gasteiger partial charge in [-0.3, -0.25) is 4.79 Å². The average Bonchev–Trinajstić information content (AvgIpc) is 2.48. The predicted molar refractivity (Wildman–Crippen MR) is 76.1 cm³/mol. The van der Waals surface area contributed by atoms with Crippen molar-refractivity contribution in [1.82, 2.24) is 15.5 Å². The molecule has 1 aromatic heterocycles. The van der Waals surface area contributed by atoms with E-state index in [1.54, 1.807) is 7.11 Å². The fourth-order valence-electron chi connectivity index (χ4n) is 1.75. The maximum absolute atomic E-state index is 11.8. The van der Waals surface area contributed by atoms with E-state index >= 15 is 0 Å². The third kappa shape index (κ3) is 3.68. The number of nitrogens with zero attached hydrogens (tertiary/aromatic N) is 2. The summed E-state index contributed by atoms with van der Waals surface area (Å²) in [4.78, 5) is 11.8. The average molecular weight is 292 g/mol. The number of rotatable bonds is 5. The number of carbonyl (C=O) groups is 1. The van der Waals surface area contributed by atoms with Crippen LogP contribution in [-0.2, 0) is 6.42 Å². The first-order valence-corrected chi connectivity index (χ1v) is 6.48. The molecule has 104 valence electrons. The second-order valence-electron chi connectivity index (χ2n) is 4.06. The molecule has 0 aliphatic carbocycles. The predicted octanol–water partition coefficient (Wildman–Crippen LogP) is 2.11. The zero-order valence-corrected chi connectivity index (χ0v) is 11.7. The lowest BCUT2D eigenvalue weighted by atomic mass is 10.1. The number of ether oxygens (including phenoxy) is 1. The summed E-state index contributed by atoms with van der Waals surface area (Å²) in [5.41, 5.74) is 1.28. The maximum Gasteiger partial charge on any atom is 0.271 e. The van der Waals surface area contributed by atoms with Crippen LogP contribution in [0, 0.1) is 0 Å². The van der Waals surface area contributed by atoms with E-state index < -0.39 is 0 Å². The molecular formula is C14H14ClN3O2. The topological polar surface area (TPSA) is 64.1 Å². The van der Waals surface area contributed by atoms with E-state index in [1.165, 1.54) is 12.1 Å². The Hall–Kier alpha value is -2.14. The van der Waals surface area contributed by atoms with Crippen molar-refractivity contribution in [1.29, 1.82) is 0 Å². The van der Waals surface area contributed by atoms with Crippen molar-refractivity contribution in [3.63, 3.8) is 0 Å². The molecule has 1 heterocycles. The molecule has 0 saturated carbocycles. The molecule has 0 radical (unpaired) electrons. The van der Waals surface area contributed by atoms with Crippen LogP contribution >= 0.6 is 11.6 Å². The second-order valence-corrected chi connectivity index (χ2v) is 4.45. The molecule has 0 spiro atoms. The van der Waals surface area contributed by atoms with Crippen molar-refractivity contribution < 1.29 is 9.53 Å². The highest BCUT2D eigenvalue weighted by molar-refractivity contribution is 6.29. The molecule has 0 atom stereocenters. The van der Waals surface area contributed by atoms with Gasteiger partial charge in [0.05, 0.1) is 7.11 Å². The molecule has 0 bridgehead atoms. The number of hydrogen-bond donors (Lipinski definition) is 1. The minimum absolute atomic E-state index is 0.245. The first-order valence-electron chi connectivity index (χ1n) is 6.10. The minimum Gasteiger partial charge on any atom is -0.496 e. The Bertz CT molecular complexity index is 587. The van der Waals surface area contributed by atoms with Crippen LogP contribution in [0.5, 0.6) is 5.75 Å². The number of nitrogens with one attached hydrogen (secondary N) is 1. The van der Waals surface area contributed by atoms with Gasteiger partial charge in [-0.1, -0.05) is 29.8 Å². The summed E-state index contributed by atoms with van der Waals surface area (Å²) in [6, 6.07) is 10.8. The largest absolute Gasteiger partial charge is 0.496 e. The van der Waals surface area contributed by atoms with Crippen LogP contribution in [0.1, 0.15) is 16.1 Å². The quantitative estimate of drug-likeness (QED) is 0.916. The lowest BCUT2D eigenvalue weighted by molar-refractivity contribution is 0.0948. The van der Waals surface area contributed by atoms with Gasteiger partial charge in [-0.2, -0.15) is 0 Å². The van der Waals surface area contributed by atoms with Gasteiger partial charge in [-0.05, 0) is 30.2 Å². The summed E-state index contributed by atoms with van der Waals surface area (Å²) in [5.74, 6) is 0.539. The molecule has 1 amide bonds. The van der Waals surface area contributed by atoms with Crippen molar-refractivity contribution in [3.05, 3.63) is 52.8 Å². The SMILES string of the molecule is COc1ccccc1CCNC(=O)c1ccc(Cl)nn1. The van der Waals surface area contributed by atoms with Gasteiger partial charge in [-0.25, -0.2) is 0 Å². The Balaban J connectivity index is 1.89. The van der Waals surface area contributed by atoms with E-state index in [4.69, 9.17) is 16.3 Å². The lowest BCUT2D eigenvalue weighted by Crippen LogP contribution is -2.26. The monoisotopic (exact) mass is 291 g/mol. The summed E-state index contributed by atoms with van der Waals surface area (Å²) in [7, 11) is 1.63. The molecule has 0 aliphatic heterocycles. The summed E-state index contributed by atoms with van der Waals surface area (Å²) in [6.45, 7) is 0.490. The van der Waals surface area contributed by atoms with E-state index in [1.807, 2.05) is 24.3 Å². The Kier molecular flexibility index (Phi) is 4.90. The zero-order valence-electron chi connectivity index (χ0n) is 11.0. The zero-order chi connectivity index (χ0) is 14.4. The van der Waals surface area contributed by atoms with Crippen LogP contribution in [0.15, 0.2) is 36.4 Å². The number of halogens is 1. The van der Waals surface area contributed by atoms with E-state index in [0.717, 1.165) is 11.3 Å². The van der Waals surface area contributed by atoms with E-state index in [9.17, 15) is 4.79 Å². The van der Waals surface area contributed by atoms with Crippen molar-refractivity contribution in [2.45, 2.75) is 6.42 Å². The fourth-order valence-corrected chi connectivity index (χ4v) is 1.85. The van der Waals surface area contributed by atoms with E-state index in [2.05, 4.69) is 15.5 Å². The standard InChI is InChI=1S/C14H14ClN3O2/c1-20-12-5-3-2-4-10(12)8-9-16-14(19)11-6-7-13(15)18-17-11/h2-7H,8-9H2,1H3,(H,16,19). The second kappa shape index (κ2) is 6.86. The molecule has 2 rings (SSSR count). The highest BCUT2D eigenvalue weighted by Crippen LogP contribution is 2.17. The molecule has 20 heavy (non-hydrogen) atoms. The molecule has 0 unspecified atom stereocenters. The van der Waals surface area contributed by atoms with Crippen LogP contribution in [-0.4, -0.2) is 29.8 Å². The summed E-state index contributed by atoms with van der Waals surface area (Å²) in [6.07, 6.45) is 0.677. The number of aromatic nitrogens is 2. The Morgan fingerprint density at radius 3 is 2.75 bits per heavy atom. The van der Waals surface area contributed by atoms with Gasteiger partial charge < -0.3 is 10.1 Å². The third-order valence-corrected chi connectivity index (χ3v) is 2.94. The highest BCUT2D eigenvalue weighted by Gasteiger charge is 2.08. The van der Waals surface area contributed by atoms with Gasteiger partial charge >= 0.3 is 0 Å². The van der Waals surface area contributed by atoms with Crippen molar-refractivity contribution in [2.75, 3.05) is 13.7 Å². The molecule has 2 aromatic rings. The van der Waals surface area contributed by atoms with Gasteiger partial charge in [-0.15, -0.1) is 10.2 Å². The fraction of sp³-hybridized carbons (Fsp3) is 0.214. The number of hydrogen-bond acceptors (Lipinski definition) is 4. The number of para-hydroxylation sites is 1. The maximum atomic E-state index is 11.8. The highest BCUT2D eigenvalue weighted by atomic mass is 35.5. The van der Waals surface area contributed by atoms with Gasteiger partial charge in [0.15, 0.2) is 10.8 Å². The van der Waals surface area contributed by atoms with Crippen LogP contribution < -0.4 is 10.1 Å². The van der Waals surface area contributed by atoms with Crippen molar-refractivity contribution >= 4 is 17.5 Å². The van der Waals surface area contributed by atoms with E-state index in [0.29, 0.717) is 13.0 Å². The number of benzene rings is 1. The van der Waals surface area contributed by atoms with E-state index in [-0.39, 0.29) is 16.8 Å². The molecule has 1 aromatic carbocycles. The molecule has 1 N–H and O–H groups in total. The van der Waals surface area contributed by atoms with Crippen LogP contribution in [0.25, 0.3) is 0 Å². The van der Waals surface area contributed by atoms with Gasteiger partial charge in [0, 0.05) is 6.54 Å². The normalized spacial score (nSPS) is 10.1. The lowest BCUT2D eigenvalue weighted by Gasteiger charge is -2.08. The van der Waals surface area contributed by atoms with Gasteiger partial charge in [0.25, 0.3) is 5.91 Å².